The molecule has 9 nitrogen and oxygen atoms in total. The van der Waals surface area contributed by atoms with Crippen molar-refractivity contribution < 1.29 is 42.1 Å². The molecular formula is C52H101NO8P+. The maximum atomic E-state index is 12.8. The van der Waals surface area contributed by atoms with Crippen LogP contribution < -0.4 is 0 Å². The van der Waals surface area contributed by atoms with Crippen molar-refractivity contribution in [3.05, 3.63) is 24.3 Å². The number of esters is 2. The summed E-state index contributed by atoms with van der Waals surface area (Å²) in [6.07, 6.45) is 50.9. The smallest absolute Gasteiger partial charge is 0.462 e. The van der Waals surface area contributed by atoms with Crippen LogP contribution in [-0.4, -0.2) is 74.9 Å². The number of carbonyl (C=O) groups is 2. The molecule has 10 heteroatoms. The topological polar surface area (TPSA) is 108 Å². The highest BCUT2D eigenvalue weighted by atomic mass is 31.2. The molecule has 0 bridgehead atoms. The van der Waals surface area contributed by atoms with Crippen LogP contribution in [-0.2, 0) is 32.7 Å². The van der Waals surface area contributed by atoms with E-state index < -0.39 is 26.5 Å². The number of allylic oxidation sites excluding steroid dienone is 4. The molecule has 2 atom stereocenters. The van der Waals surface area contributed by atoms with Gasteiger partial charge in [-0.2, -0.15) is 0 Å². The molecule has 0 heterocycles. The Labute approximate surface area is 383 Å². The van der Waals surface area contributed by atoms with E-state index in [1.165, 1.54) is 154 Å². The fourth-order valence-electron chi connectivity index (χ4n) is 7.42. The number of quaternary nitrogens is 1. The van der Waals surface area contributed by atoms with Gasteiger partial charge in [-0.05, 0) is 38.5 Å². The first-order valence-corrected chi connectivity index (χ1v) is 27.6. The molecule has 0 aliphatic rings. The summed E-state index contributed by atoms with van der Waals surface area (Å²) < 4.78 is 34.4. The third-order valence-corrected chi connectivity index (χ3v) is 12.5. The molecule has 0 saturated heterocycles. The minimum absolute atomic E-state index is 0.0313. The quantitative estimate of drug-likeness (QED) is 0.0211. The zero-order valence-corrected chi connectivity index (χ0v) is 42.3. The lowest BCUT2D eigenvalue weighted by Gasteiger charge is -2.24. The maximum Gasteiger partial charge on any atom is 0.472 e. The van der Waals surface area contributed by atoms with Crippen LogP contribution in [0.15, 0.2) is 24.3 Å². The summed E-state index contributed by atoms with van der Waals surface area (Å²) >= 11 is 0. The Kier molecular flexibility index (Phi) is 43.6. The third kappa shape index (κ3) is 48.0. The predicted octanol–water partition coefficient (Wildman–Crippen LogP) is 15.5. The first-order valence-electron chi connectivity index (χ1n) is 26.1. The number of hydrogen-bond donors (Lipinski definition) is 1. The van der Waals surface area contributed by atoms with E-state index in [4.69, 9.17) is 18.5 Å². The van der Waals surface area contributed by atoms with Gasteiger partial charge in [0.25, 0.3) is 0 Å². The van der Waals surface area contributed by atoms with Crippen molar-refractivity contribution in [2.45, 2.75) is 251 Å². The SMILES string of the molecule is CCCCCC/C=C/C=C/CCCCCCCC(=O)OC[C@H](COP(=O)(O)OCC[N+](C)(C)C)OC(=O)CCCCCCCCCCCCCCCCCCCCCCCCC. The molecule has 0 aromatic rings. The van der Waals surface area contributed by atoms with Crippen LogP contribution >= 0.6 is 7.82 Å². The Hall–Kier alpha value is -1.51. The average molecular weight is 899 g/mol. The predicted molar refractivity (Wildman–Crippen MR) is 261 cm³/mol. The summed E-state index contributed by atoms with van der Waals surface area (Å²) in [5.41, 5.74) is 0. The molecule has 0 rings (SSSR count). The lowest BCUT2D eigenvalue weighted by molar-refractivity contribution is -0.870. The van der Waals surface area contributed by atoms with Crippen molar-refractivity contribution in [3.8, 4) is 0 Å². The van der Waals surface area contributed by atoms with E-state index in [1.54, 1.807) is 0 Å². The van der Waals surface area contributed by atoms with Gasteiger partial charge in [0.15, 0.2) is 6.10 Å². The number of ether oxygens (including phenoxy) is 2. The highest BCUT2D eigenvalue weighted by Gasteiger charge is 2.27. The molecule has 62 heavy (non-hydrogen) atoms. The minimum Gasteiger partial charge on any atom is -0.462 e. The van der Waals surface area contributed by atoms with Gasteiger partial charge >= 0.3 is 19.8 Å². The van der Waals surface area contributed by atoms with E-state index in [0.29, 0.717) is 17.4 Å². The maximum absolute atomic E-state index is 12.8. The number of nitrogens with zero attached hydrogens (tertiary/aromatic N) is 1. The minimum atomic E-state index is -4.38. The molecule has 0 aliphatic carbocycles. The summed E-state index contributed by atoms with van der Waals surface area (Å²) in [5, 5.41) is 0. The Morgan fingerprint density at radius 1 is 0.500 bits per heavy atom. The lowest BCUT2D eigenvalue weighted by atomic mass is 10.0. The number of carbonyl (C=O) groups excluding carboxylic acids is 2. The Bertz CT molecular complexity index is 1110. The summed E-state index contributed by atoms with van der Waals surface area (Å²) in [6, 6.07) is 0. The fraction of sp³-hybridized carbons (Fsp3) is 0.885. The molecule has 0 fully saturated rings. The van der Waals surface area contributed by atoms with Crippen molar-refractivity contribution >= 4 is 19.8 Å². The van der Waals surface area contributed by atoms with Crippen LogP contribution in [0.2, 0.25) is 0 Å². The first-order chi connectivity index (χ1) is 30.0. The normalized spacial score (nSPS) is 13.6. The van der Waals surface area contributed by atoms with Gasteiger partial charge in [0, 0.05) is 12.8 Å². The van der Waals surface area contributed by atoms with Crippen molar-refractivity contribution in [2.24, 2.45) is 0 Å². The van der Waals surface area contributed by atoms with E-state index in [9.17, 15) is 19.0 Å². The molecule has 0 spiro atoms. The molecular weight excluding hydrogens is 798 g/mol. The second kappa shape index (κ2) is 44.7. The zero-order valence-electron chi connectivity index (χ0n) is 41.4. The van der Waals surface area contributed by atoms with Crippen molar-refractivity contribution in [1.82, 2.24) is 0 Å². The standard InChI is InChI=1S/C52H100NO8P/c1-6-8-10-12-14-16-18-20-22-23-24-25-26-27-28-29-31-33-35-37-39-41-43-45-52(55)61-50(49-60-62(56,57)59-47-46-53(3,4)5)48-58-51(54)44-42-40-38-36-34-32-30-21-19-17-15-13-11-9-7-2/h17,19,21,30,50H,6-16,18,20,22-29,31-49H2,1-5H3/p+1/b19-17+,30-21+/t50-/m1/s1. The molecule has 0 aliphatic heterocycles. The first kappa shape index (κ1) is 60.5. The van der Waals surface area contributed by atoms with E-state index in [0.717, 1.165) is 57.8 Å². The Balaban J connectivity index is 4.19. The lowest BCUT2D eigenvalue weighted by Crippen LogP contribution is -2.37. The summed E-state index contributed by atoms with van der Waals surface area (Å²) in [7, 11) is 1.48. The van der Waals surface area contributed by atoms with E-state index >= 15 is 0 Å². The van der Waals surface area contributed by atoms with Gasteiger partial charge in [0.2, 0.25) is 0 Å². The van der Waals surface area contributed by atoms with Crippen LogP contribution in [0.1, 0.15) is 245 Å². The highest BCUT2D eigenvalue weighted by molar-refractivity contribution is 7.47. The summed E-state index contributed by atoms with van der Waals surface area (Å²) in [4.78, 5) is 35.5. The van der Waals surface area contributed by atoms with Crippen molar-refractivity contribution in [2.75, 3.05) is 47.5 Å². The Morgan fingerprint density at radius 3 is 1.26 bits per heavy atom. The zero-order chi connectivity index (χ0) is 45.7. The van der Waals surface area contributed by atoms with Gasteiger partial charge in [-0.3, -0.25) is 18.6 Å². The van der Waals surface area contributed by atoms with Gasteiger partial charge < -0.3 is 18.9 Å². The van der Waals surface area contributed by atoms with Crippen molar-refractivity contribution in [3.63, 3.8) is 0 Å². The molecule has 0 aromatic heterocycles. The number of phosphoric acid groups is 1. The molecule has 0 amide bonds. The molecule has 0 radical (unpaired) electrons. The third-order valence-electron chi connectivity index (χ3n) is 11.5. The monoisotopic (exact) mass is 899 g/mol. The second-order valence-electron chi connectivity index (χ2n) is 18.9. The van der Waals surface area contributed by atoms with Gasteiger partial charge in [-0.1, -0.05) is 218 Å². The average Bonchev–Trinajstić information content (AvgIpc) is 3.23. The van der Waals surface area contributed by atoms with Gasteiger partial charge in [-0.15, -0.1) is 0 Å². The van der Waals surface area contributed by atoms with Gasteiger partial charge in [0.05, 0.1) is 27.7 Å². The van der Waals surface area contributed by atoms with Gasteiger partial charge in [0.1, 0.15) is 19.8 Å². The van der Waals surface area contributed by atoms with Crippen LogP contribution in [0.3, 0.4) is 0 Å². The number of phosphoric ester groups is 1. The number of likely N-dealkylation sites (N-methyl/N-ethyl adjacent to an activating group) is 1. The van der Waals surface area contributed by atoms with Crippen LogP contribution in [0.5, 0.6) is 0 Å². The van der Waals surface area contributed by atoms with E-state index in [-0.39, 0.29) is 32.0 Å². The Morgan fingerprint density at radius 2 is 0.855 bits per heavy atom. The van der Waals surface area contributed by atoms with Crippen molar-refractivity contribution in [1.29, 1.82) is 0 Å². The summed E-state index contributed by atoms with van der Waals surface area (Å²) in [5.74, 6) is -0.804. The highest BCUT2D eigenvalue weighted by Crippen LogP contribution is 2.43. The van der Waals surface area contributed by atoms with E-state index in [1.807, 2.05) is 21.1 Å². The number of rotatable bonds is 48. The molecule has 366 valence electrons. The van der Waals surface area contributed by atoms with Crippen LogP contribution in [0, 0.1) is 0 Å². The number of unbranched alkanes of at least 4 members (excludes halogenated alkanes) is 31. The summed E-state index contributed by atoms with van der Waals surface area (Å²) in [6.45, 7) is 4.43. The van der Waals surface area contributed by atoms with E-state index in [2.05, 4.69) is 38.2 Å². The molecule has 0 saturated carbocycles. The van der Waals surface area contributed by atoms with Gasteiger partial charge in [-0.25, -0.2) is 4.57 Å². The largest absolute Gasteiger partial charge is 0.472 e. The van der Waals surface area contributed by atoms with Crippen LogP contribution in [0.4, 0.5) is 0 Å². The van der Waals surface area contributed by atoms with Crippen LogP contribution in [0.25, 0.3) is 0 Å². The number of hydrogen-bond acceptors (Lipinski definition) is 7. The second-order valence-corrected chi connectivity index (χ2v) is 20.4. The fourth-order valence-corrected chi connectivity index (χ4v) is 8.16. The molecule has 0 aromatic carbocycles. The molecule has 1 unspecified atom stereocenters. The molecule has 1 N–H and O–H groups in total.